The van der Waals surface area contributed by atoms with Crippen LogP contribution in [0.25, 0.3) is 0 Å². The molecule has 5 heteroatoms. The minimum absolute atomic E-state index is 0.148. The number of anilines is 1. The molecule has 0 aromatic heterocycles. The summed E-state index contributed by atoms with van der Waals surface area (Å²) in [5.41, 5.74) is 4.17. The number of nitrogens with one attached hydrogen (secondary N) is 1. The normalized spacial score (nSPS) is 15.6. The number of hydrogen-bond acceptors (Lipinski definition) is 4. The molecule has 174 valence electrons. The van der Waals surface area contributed by atoms with Crippen molar-refractivity contribution in [3.63, 3.8) is 0 Å². The molecule has 4 rings (SSSR count). The van der Waals surface area contributed by atoms with E-state index in [1.165, 1.54) is 0 Å². The molecule has 5 nitrogen and oxygen atoms in total. The number of hydrogen-bond donors (Lipinski definition) is 1. The Hall–Kier alpha value is -3.70. The van der Waals surface area contributed by atoms with Crippen molar-refractivity contribution in [1.82, 2.24) is 4.90 Å². The first-order chi connectivity index (χ1) is 16.6. The van der Waals surface area contributed by atoms with Crippen LogP contribution < -0.4 is 5.32 Å². The van der Waals surface area contributed by atoms with Gasteiger partial charge in [0.05, 0.1) is 11.6 Å². The van der Waals surface area contributed by atoms with E-state index in [1.807, 2.05) is 86.6 Å². The SMILES string of the molecule is CCOCCCN1C(=O)C(Nc2ccc(C)cc2)=C(C(=O)c2ccccc2)[C@H]1c1ccccc1. The molecule has 0 bridgehead atoms. The first-order valence-corrected chi connectivity index (χ1v) is 11.7. The third-order valence-electron chi connectivity index (χ3n) is 5.94. The Balaban J connectivity index is 1.80. The fraction of sp³-hybridized carbons (Fsp3) is 0.241. The molecular weight excluding hydrogens is 424 g/mol. The number of ether oxygens (including phenoxy) is 1. The van der Waals surface area contributed by atoms with Crippen LogP contribution in [0.3, 0.4) is 0 Å². The van der Waals surface area contributed by atoms with Crippen molar-refractivity contribution in [2.45, 2.75) is 26.3 Å². The van der Waals surface area contributed by atoms with Crippen molar-refractivity contribution in [3.8, 4) is 0 Å². The second kappa shape index (κ2) is 10.9. The van der Waals surface area contributed by atoms with Gasteiger partial charge in [-0.15, -0.1) is 0 Å². The Bertz CT molecular complexity index is 1150. The van der Waals surface area contributed by atoms with Crippen molar-refractivity contribution in [1.29, 1.82) is 0 Å². The van der Waals surface area contributed by atoms with Crippen molar-refractivity contribution in [2.24, 2.45) is 0 Å². The standard InChI is InChI=1S/C29H30N2O3/c1-3-34-20-10-19-31-27(22-11-6-4-7-12-22)25(28(32)23-13-8-5-9-14-23)26(29(31)33)30-24-17-15-21(2)16-18-24/h4-9,11-18,27,30H,3,10,19-20H2,1-2H3/t27-/m1/s1. The third kappa shape index (κ3) is 5.10. The maximum absolute atomic E-state index is 13.9. The molecular formula is C29H30N2O3. The molecule has 0 saturated heterocycles. The molecule has 0 fully saturated rings. The molecule has 0 saturated carbocycles. The first-order valence-electron chi connectivity index (χ1n) is 11.7. The van der Waals surface area contributed by atoms with Gasteiger partial charge >= 0.3 is 0 Å². The lowest BCUT2D eigenvalue weighted by Gasteiger charge is -2.27. The van der Waals surface area contributed by atoms with Crippen LogP contribution in [-0.4, -0.2) is 36.3 Å². The maximum atomic E-state index is 13.9. The molecule has 0 unspecified atom stereocenters. The number of rotatable bonds is 10. The molecule has 1 heterocycles. The van der Waals surface area contributed by atoms with E-state index in [0.717, 1.165) is 16.8 Å². The lowest BCUT2D eigenvalue weighted by molar-refractivity contribution is -0.127. The quantitative estimate of drug-likeness (QED) is 0.322. The summed E-state index contributed by atoms with van der Waals surface area (Å²) in [4.78, 5) is 29.4. The van der Waals surface area contributed by atoms with Gasteiger partial charge in [0.15, 0.2) is 5.78 Å². The smallest absolute Gasteiger partial charge is 0.271 e. The number of carbonyl (C=O) groups is 2. The van der Waals surface area contributed by atoms with Gasteiger partial charge in [0.25, 0.3) is 5.91 Å². The highest BCUT2D eigenvalue weighted by atomic mass is 16.5. The van der Waals surface area contributed by atoms with Crippen LogP contribution in [-0.2, 0) is 9.53 Å². The Morgan fingerprint density at radius 1 is 0.941 bits per heavy atom. The van der Waals surface area contributed by atoms with Gasteiger partial charge in [-0.2, -0.15) is 0 Å². The number of benzene rings is 3. The van der Waals surface area contributed by atoms with Crippen molar-refractivity contribution < 1.29 is 14.3 Å². The van der Waals surface area contributed by atoms with Crippen molar-refractivity contribution >= 4 is 17.4 Å². The van der Waals surface area contributed by atoms with Crippen LogP contribution >= 0.6 is 0 Å². The van der Waals surface area contributed by atoms with Crippen molar-refractivity contribution in [3.05, 3.63) is 113 Å². The van der Waals surface area contributed by atoms with Gasteiger partial charge in [-0.25, -0.2) is 0 Å². The summed E-state index contributed by atoms with van der Waals surface area (Å²) in [6, 6.07) is 26.3. The minimum Gasteiger partial charge on any atom is -0.382 e. The number of nitrogens with zero attached hydrogens (tertiary/aromatic N) is 1. The van der Waals surface area contributed by atoms with Crippen LogP contribution in [0.15, 0.2) is 96.2 Å². The van der Waals surface area contributed by atoms with Crippen LogP contribution in [0.5, 0.6) is 0 Å². The predicted molar refractivity (Wildman–Crippen MR) is 135 cm³/mol. The molecule has 1 aliphatic rings. The van der Waals surface area contributed by atoms with E-state index in [1.54, 1.807) is 17.0 Å². The topological polar surface area (TPSA) is 58.6 Å². The average molecular weight is 455 g/mol. The Morgan fingerprint density at radius 3 is 2.24 bits per heavy atom. The monoisotopic (exact) mass is 454 g/mol. The summed E-state index contributed by atoms with van der Waals surface area (Å²) >= 11 is 0. The summed E-state index contributed by atoms with van der Waals surface area (Å²) < 4.78 is 5.51. The highest BCUT2D eigenvalue weighted by Gasteiger charge is 2.43. The molecule has 1 aliphatic heterocycles. The summed E-state index contributed by atoms with van der Waals surface area (Å²) in [5.74, 6) is -0.324. The average Bonchev–Trinajstić information content (AvgIpc) is 3.15. The molecule has 0 spiro atoms. The minimum atomic E-state index is -0.476. The zero-order valence-corrected chi connectivity index (χ0v) is 19.7. The predicted octanol–water partition coefficient (Wildman–Crippen LogP) is 5.55. The van der Waals surface area contributed by atoms with Gasteiger partial charge in [0.1, 0.15) is 5.70 Å². The fourth-order valence-corrected chi connectivity index (χ4v) is 4.25. The van der Waals surface area contributed by atoms with Gasteiger partial charge in [-0.1, -0.05) is 78.4 Å². The van der Waals surface area contributed by atoms with E-state index in [0.29, 0.717) is 43.0 Å². The maximum Gasteiger partial charge on any atom is 0.271 e. The molecule has 34 heavy (non-hydrogen) atoms. The van der Waals surface area contributed by atoms with Crippen LogP contribution in [0.1, 0.15) is 40.9 Å². The molecule has 1 N–H and O–H groups in total. The zero-order valence-electron chi connectivity index (χ0n) is 19.7. The van der Waals surface area contributed by atoms with Crippen molar-refractivity contribution in [2.75, 3.05) is 25.1 Å². The van der Waals surface area contributed by atoms with Crippen LogP contribution in [0.4, 0.5) is 5.69 Å². The Morgan fingerprint density at radius 2 is 1.59 bits per heavy atom. The second-order valence-electron chi connectivity index (χ2n) is 8.34. The number of aryl methyl sites for hydroxylation is 1. The van der Waals surface area contributed by atoms with E-state index in [-0.39, 0.29) is 11.7 Å². The van der Waals surface area contributed by atoms with E-state index in [9.17, 15) is 9.59 Å². The summed E-state index contributed by atoms with van der Waals surface area (Å²) in [6.45, 7) is 5.65. The van der Waals surface area contributed by atoms with E-state index in [2.05, 4.69) is 5.32 Å². The number of amides is 1. The third-order valence-corrected chi connectivity index (χ3v) is 5.94. The van der Waals surface area contributed by atoms with Gasteiger partial charge in [-0.05, 0) is 38.0 Å². The fourth-order valence-electron chi connectivity index (χ4n) is 4.25. The van der Waals surface area contributed by atoms with E-state index >= 15 is 0 Å². The lowest BCUT2D eigenvalue weighted by atomic mass is 9.92. The first kappa shape index (κ1) is 23.5. The van der Waals surface area contributed by atoms with Gasteiger partial charge in [0.2, 0.25) is 0 Å². The van der Waals surface area contributed by atoms with Gasteiger partial charge < -0.3 is 15.0 Å². The summed E-state index contributed by atoms with van der Waals surface area (Å²) in [6.07, 6.45) is 0.688. The highest BCUT2D eigenvalue weighted by molar-refractivity contribution is 6.17. The van der Waals surface area contributed by atoms with Crippen LogP contribution in [0, 0.1) is 6.92 Å². The molecule has 3 aromatic carbocycles. The van der Waals surface area contributed by atoms with Gasteiger partial charge in [-0.3, -0.25) is 9.59 Å². The van der Waals surface area contributed by atoms with E-state index in [4.69, 9.17) is 4.74 Å². The molecule has 0 radical (unpaired) electrons. The largest absolute Gasteiger partial charge is 0.382 e. The zero-order chi connectivity index (χ0) is 23.9. The highest BCUT2D eigenvalue weighted by Crippen LogP contribution is 2.40. The van der Waals surface area contributed by atoms with Gasteiger partial charge in [0, 0.05) is 31.0 Å². The molecule has 1 atom stereocenters. The second-order valence-corrected chi connectivity index (χ2v) is 8.34. The summed E-state index contributed by atoms with van der Waals surface area (Å²) in [5, 5.41) is 3.29. The van der Waals surface area contributed by atoms with E-state index < -0.39 is 6.04 Å². The summed E-state index contributed by atoms with van der Waals surface area (Å²) in [7, 11) is 0. The lowest BCUT2D eigenvalue weighted by Crippen LogP contribution is -2.33. The number of carbonyl (C=O) groups excluding carboxylic acids is 2. The van der Waals surface area contributed by atoms with Crippen LogP contribution in [0.2, 0.25) is 0 Å². The number of Topliss-reactive ketones (excluding diaryl/α,β-unsaturated/α-hetero) is 1. The Labute approximate surface area is 201 Å². The molecule has 1 amide bonds. The molecule has 0 aliphatic carbocycles. The Kier molecular flexibility index (Phi) is 7.55. The number of ketones is 1. The molecule has 3 aromatic rings.